The lowest BCUT2D eigenvalue weighted by molar-refractivity contribution is -0.137. The quantitative estimate of drug-likeness (QED) is 0.0244. The predicted octanol–water partition coefficient (Wildman–Crippen LogP) is -6.35. The predicted molar refractivity (Wildman–Crippen MR) is 212 cm³/mol. The summed E-state index contributed by atoms with van der Waals surface area (Å²) in [6, 6.07) is 0.454. The molecule has 7 amide bonds. The molecular formula is C37H60N10O13. The number of carbonyl (C=O) groups is 9. The van der Waals surface area contributed by atoms with Gasteiger partial charge in [-0.25, -0.2) is 5.43 Å². The van der Waals surface area contributed by atoms with E-state index in [1.165, 1.54) is 0 Å². The van der Waals surface area contributed by atoms with Crippen LogP contribution < -0.4 is 55.1 Å². The number of ketones is 2. The number of carbonyl (C=O) groups excluding carboxylic acids is 9. The maximum atomic E-state index is 13.0. The molecule has 0 aliphatic rings. The van der Waals surface area contributed by atoms with Gasteiger partial charge in [-0.2, -0.15) is 0 Å². The van der Waals surface area contributed by atoms with E-state index in [9.17, 15) is 63.6 Å². The summed E-state index contributed by atoms with van der Waals surface area (Å²) in [4.78, 5) is 111. The first kappa shape index (κ1) is 52.6. The minimum atomic E-state index is -1.79. The Bertz CT molecular complexity index is 1600. The van der Waals surface area contributed by atoms with Gasteiger partial charge in [0, 0.05) is 25.8 Å². The standard InChI is InChI=1S/C37H60N10O13/c1-20(51)31(37(60)43-26(16-30(40)54)35(58)44-27(18-49)32(41)55)45-36(59)28(19-50)46-47-34(57)24(38)12-11-23(52)10-6-3-7-13-42-33(56)22(17-48)15-29(53)25(39)14-21-8-4-2-5-9-21/h2,4-5,8-9,20,22,24-28,31,46,48-51H,3,6-7,10-19,38-39H2,1H3,(H2,40,54)(H2,41,55)(H,42,56)(H,43,60)(H,44,58)(H,45,59)(H,47,57)/t20-,22?,24?,25?,26+,27?,28+,31+/m1/s1. The highest BCUT2D eigenvalue weighted by atomic mass is 16.3. The van der Waals surface area contributed by atoms with Crippen LogP contribution in [0.1, 0.15) is 63.9 Å². The van der Waals surface area contributed by atoms with E-state index >= 15 is 0 Å². The average Bonchev–Trinajstić information content (AvgIpc) is 3.20. The molecule has 0 aromatic heterocycles. The van der Waals surface area contributed by atoms with E-state index in [4.69, 9.17) is 22.9 Å². The van der Waals surface area contributed by atoms with Crippen LogP contribution in [0.2, 0.25) is 0 Å². The molecule has 0 spiro atoms. The van der Waals surface area contributed by atoms with Gasteiger partial charge in [-0.15, -0.1) is 0 Å². The molecule has 23 heteroatoms. The van der Waals surface area contributed by atoms with Crippen molar-refractivity contribution in [2.45, 2.75) is 107 Å². The van der Waals surface area contributed by atoms with Crippen molar-refractivity contribution in [2.24, 2.45) is 28.9 Å². The molecule has 0 aliphatic heterocycles. The molecule has 0 heterocycles. The van der Waals surface area contributed by atoms with Gasteiger partial charge in [0.2, 0.25) is 35.4 Å². The van der Waals surface area contributed by atoms with Gasteiger partial charge in [0.1, 0.15) is 30.0 Å². The largest absolute Gasteiger partial charge is 0.396 e. The molecule has 4 unspecified atom stereocenters. The molecule has 0 radical (unpaired) electrons. The molecular weight excluding hydrogens is 792 g/mol. The van der Waals surface area contributed by atoms with Crippen molar-refractivity contribution in [3.63, 3.8) is 0 Å². The van der Waals surface area contributed by atoms with Gasteiger partial charge in [0.25, 0.3) is 5.91 Å². The van der Waals surface area contributed by atoms with Crippen molar-refractivity contribution in [1.29, 1.82) is 0 Å². The normalized spacial score (nSPS) is 15.1. The Morgan fingerprint density at radius 1 is 0.667 bits per heavy atom. The molecule has 0 saturated heterocycles. The summed E-state index contributed by atoms with van der Waals surface area (Å²) >= 11 is 0. The number of unbranched alkanes of at least 4 members (excludes halogenated alkanes) is 2. The van der Waals surface area contributed by atoms with Crippen LogP contribution in [-0.4, -0.2) is 142 Å². The number of benzene rings is 1. The van der Waals surface area contributed by atoms with Crippen LogP contribution in [-0.2, 0) is 49.6 Å². The molecule has 8 atom stereocenters. The molecule has 1 rings (SSSR count). The second kappa shape index (κ2) is 28.1. The summed E-state index contributed by atoms with van der Waals surface area (Å²) in [5.74, 6) is -8.45. The van der Waals surface area contributed by atoms with E-state index in [-0.39, 0.29) is 43.8 Å². The Hall–Kier alpha value is -5.43. The Morgan fingerprint density at radius 2 is 1.28 bits per heavy atom. The third-order valence-electron chi connectivity index (χ3n) is 9.07. The van der Waals surface area contributed by atoms with E-state index < -0.39 is 116 Å². The Labute approximate surface area is 346 Å². The monoisotopic (exact) mass is 852 g/mol. The minimum Gasteiger partial charge on any atom is -0.396 e. The zero-order valence-electron chi connectivity index (χ0n) is 33.5. The number of Topliss-reactive ketones (excluding diaryl/α,β-unsaturated/α-hetero) is 2. The highest BCUT2D eigenvalue weighted by Crippen LogP contribution is 2.10. The number of rotatable bonds is 31. The van der Waals surface area contributed by atoms with E-state index in [1.54, 1.807) is 0 Å². The lowest BCUT2D eigenvalue weighted by Gasteiger charge is -2.26. The first-order valence-corrected chi connectivity index (χ1v) is 19.3. The fourth-order valence-electron chi connectivity index (χ4n) is 5.42. The van der Waals surface area contributed by atoms with E-state index in [1.807, 2.05) is 35.6 Å². The average molecular weight is 853 g/mol. The molecule has 336 valence electrons. The highest BCUT2D eigenvalue weighted by molar-refractivity contribution is 5.97. The Morgan fingerprint density at radius 3 is 1.85 bits per heavy atom. The van der Waals surface area contributed by atoms with Gasteiger partial charge >= 0.3 is 0 Å². The van der Waals surface area contributed by atoms with Gasteiger partial charge in [0.05, 0.1) is 50.3 Å². The lowest BCUT2D eigenvalue weighted by Crippen LogP contribution is -2.62. The molecule has 0 aliphatic carbocycles. The van der Waals surface area contributed by atoms with Crippen LogP contribution in [0.3, 0.4) is 0 Å². The summed E-state index contributed by atoms with van der Waals surface area (Å²) in [5.41, 5.74) is 27.4. The van der Waals surface area contributed by atoms with Gasteiger partial charge in [0.15, 0.2) is 5.78 Å². The van der Waals surface area contributed by atoms with Gasteiger partial charge < -0.3 is 64.6 Å². The van der Waals surface area contributed by atoms with Crippen LogP contribution in [0.5, 0.6) is 0 Å². The maximum Gasteiger partial charge on any atom is 0.251 e. The van der Waals surface area contributed by atoms with Crippen LogP contribution in [0, 0.1) is 5.92 Å². The molecule has 18 N–H and O–H groups in total. The summed E-state index contributed by atoms with van der Waals surface area (Å²) in [7, 11) is 0. The van der Waals surface area contributed by atoms with Crippen LogP contribution in [0.4, 0.5) is 0 Å². The van der Waals surface area contributed by atoms with Crippen molar-refractivity contribution in [3.8, 4) is 0 Å². The third kappa shape index (κ3) is 20.0. The fourth-order valence-corrected chi connectivity index (χ4v) is 5.42. The lowest BCUT2D eigenvalue weighted by atomic mass is 9.95. The van der Waals surface area contributed by atoms with E-state index in [0.29, 0.717) is 25.7 Å². The van der Waals surface area contributed by atoms with Crippen molar-refractivity contribution >= 4 is 52.9 Å². The van der Waals surface area contributed by atoms with Crippen molar-refractivity contribution in [3.05, 3.63) is 35.9 Å². The third-order valence-corrected chi connectivity index (χ3v) is 9.07. The van der Waals surface area contributed by atoms with Crippen LogP contribution in [0.25, 0.3) is 0 Å². The summed E-state index contributed by atoms with van der Waals surface area (Å²) < 4.78 is 0. The number of primary amides is 2. The summed E-state index contributed by atoms with van der Waals surface area (Å²) in [6.07, 6.45) is -0.694. The fraction of sp³-hybridized carbons (Fsp3) is 0.595. The molecule has 0 saturated carbocycles. The number of nitrogens with two attached hydrogens (primary N) is 4. The van der Waals surface area contributed by atoms with Crippen molar-refractivity contribution < 1.29 is 63.6 Å². The van der Waals surface area contributed by atoms with Gasteiger partial charge in [-0.05, 0) is 38.2 Å². The Kier molecular flexibility index (Phi) is 24.6. The number of hydrogen-bond acceptors (Lipinski definition) is 16. The van der Waals surface area contributed by atoms with Gasteiger partial charge in [-0.1, -0.05) is 36.8 Å². The van der Waals surface area contributed by atoms with E-state index in [2.05, 4.69) is 26.8 Å². The smallest absolute Gasteiger partial charge is 0.251 e. The Balaban J connectivity index is 2.50. The summed E-state index contributed by atoms with van der Waals surface area (Å²) in [5, 5.41) is 47.8. The number of aliphatic hydroxyl groups excluding tert-OH is 4. The first-order valence-electron chi connectivity index (χ1n) is 19.3. The topological polar surface area (TPSA) is 411 Å². The van der Waals surface area contributed by atoms with Crippen molar-refractivity contribution in [2.75, 3.05) is 26.4 Å². The zero-order chi connectivity index (χ0) is 45.4. The number of amides is 7. The second-order valence-corrected chi connectivity index (χ2v) is 14.1. The molecule has 1 aromatic rings. The number of hydrogen-bond donors (Lipinski definition) is 14. The second-order valence-electron chi connectivity index (χ2n) is 14.1. The molecule has 60 heavy (non-hydrogen) atoms. The van der Waals surface area contributed by atoms with Crippen LogP contribution in [0.15, 0.2) is 30.3 Å². The van der Waals surface area contributed by atoms with Gasteiger partial charge in [-0.3, -0.25) is 48.6 Å². The summed E-state index contributed by atoms with van der Waals surface area (Å²) in [6.45, 7) is -1.01. The molecule has 0 bridgehead atoms. The molecule has 1 aromatic carbocycles. The van der Waals surface area contributed by atoms with E-state index in [0.717, 1.165) is 12.5 Å². The van der Waals surface area contributed by atoms with Crippen LogP contribution >= 0.6 is 0 Å². The molecule has 23 nitrogen and oxygen atoms in total. The number of aliphatic hydroxyl groups is 4. The van der Waals surface area contributed by atoms with Crippen molar-refractivity contribution in [1.82, 2.24) is 32.1 Å². The number of hydrazine groups is 1. The first-order chi connectivity index (χ1) is 28.3. The zero-order valence-corrected chi connectivity index (χ0v) is 33.5. The highest BCUT2D eigenvalue weighted by Gasteiger charge is 2.34. The minimum absolute atomic E-state index is 0.0585. The molecule has 0 fully saturated rings. The maximum absolute atomic E-state index is 13.0. The SMILES string of the molecule is C[C@@H](O)[C@H](NC(=O)[C@H](CO)NNC(=O)C(N)CCC(=O)CCCCCNC(=O)C(CO)CC(=O)C(N)Cc1ccccc1)C(=O)N[C@@H](CC(N)=O)C(=O)NC(CO)C(N)=O. The number of nitrogens with one attached hydrogen (secondary N) is 6.